The average molecular weight is 306 g/mol. The van der Waals surface area contributed by atoms with Gasteiger partial charge in [0.15, 0.2) is 0 Å². The maximum Gasteiger partial charge on any atom is 0.252 e. The van der Waals surface area contributed by atoms with Crippen molar-refractivity contribution in [1.82, 2.24) is 10.3 Å². The van der Waals surface area contributed by atoms with Crippen molar-refractivity contribution in [2.75, 3.05) is 0 Å². The van der Waals surface area contributed by atoms with Crippen LogP contribution in [0.15, 0.2) is 12.1 Å². The first-order valence-electron chi connectivity index (χ1n) is 7.36. The van der Waals surface area contributed by atoms with E-state index in [0.717, 1.165) is 19.3 Å². The maximum absolute atomic E-state index is 12.4. The SMILES string of the molecule is CCC1CCC(C#N)(NC(=O)c2cc(C)nc(Cl)c2)CC1. The number of nitriles is 1. The second-order valence-corrected chi connectivity index (χ2v) is 6.21. The summed E-state index contributed by atoms with van der Waals surface area (Å²) in [5.41, 5.74) is 0.403. The molecule has 1 amide bonds. The van der Waals surface area contributed by atoms with Gasteiger partial charge < -0.3 is 5.32 Å². The number of nitrogens with zero attached hydrogens (tertiary/aromatic N) is 2. The smallest absolute Gasteiger partial charge is 0.252 e. The molecular formula is C16H20ClN3O. The van der Waals surface area contributed by atoms with Gasteiger partial charge in [0, 0.05) is 11.3 Å². The van der Waals surface area contributed by atoms with Gasteiger partial charge in [-0.25, -0.2) is 4.98 Å². The number of carbonyl (C=O) groups excluding carboxylic acids is 1. The van der Waals surface area contributed by atoms with Gasteiger partial charge in [0.2, 0.25) is 0 Å². The van der Waals surface area contributed by atoms with E-state index in [1.807, 2.05) is 0 Å². The summed E-state index contributed by atoms with van der Waals surface area (Å²) in [5.74, 6) is 0.417. The topological polar surface area (TPSA) is 65.8 Å². The zero-order chi connectivity index (χ0) is 15.5. The predicted octanol–water partition coefficient (Wildman–Crippen LogP) is 3.64. The third kappa shape index (κ3) is 3.74. The van der Waals surface area contributed by atoms with E-state index in [9.17, 15) is 10.1 Å². The Balaban J connectivity index is 2.12. The van der Waals surface area contributed by atoms with Crippen LogP contribution in [-0.4, -0.2) is 16.4 Å². The van der Waals surface area contributed by atoms with Gasteiger partial charge in [-0.3, -0.25) is 4.79 Å². The van der Waals surface area contributed by atoms with E-state index >= 15 is 0 Å². The molecule has 0 aromatic carbocycles. The Labute approximate surface area is 130 Å². The van der Waals surface area contributed by atoms with Gasteiger partial charge in [0.05, 0.1) is 6.07 Å². The number of aromatic nitrogens is 1. The molecule has 0 bridgehead atoms. The minimum atomic E-state index is -0.744. The predicted molar refractivity (Wildman–Crippen MR) is 82.0 cm³/mol. The number of amides is 1. The second-order valence-electron chi connectivity index (χ2n) is 5.82. The Morgan fingerprint density at radius 3 is 2.71 bits per heavy atom. The lowest BCUT2D eigenvalue weighted by Crippen LogP contribution is -2.49. The summed E-state index contributed by atoms with van der Waals surface area (Å²) in [6, 6.07) is 5.53. The largest absolute Gasteiger partial charge is 0.334 e. The number of nitrogens with one attached hydrogen (secondary N) is 1. The van der Waals surface area contributed by atoms with Crippen molar-refractivity contribution in [2.24, 2.45) is 5.92 Å². The summed E-state index contributed by atoms with van der Waals surface area (Å²) in [6.07, 6.45) is 4.53. The van der Waals surface area contributed by atoms with E-state index in [-0.39, 0.29) is 5.91 Å². The third-order valence-electron chi connectivity index (χ3n) is 4.29. The Morgan fingerprint density at radius 2 is 2.19 bits per heavy atom. The first-order valence-corrected chi connectivity index (χ1v) is 7.74. The van der Waals surface area contributed by atoms with Crippen molar-refractivity contribution in [3.05, 3.63) is 28.5 Å². The van der Waals surface area contributed by atoms with Crippen LogP contribution in [0.25, 0.3) is 0 Å². The van der Waals surface area contributed by atoms with Gasteiger partial charge in [-0.1, -0.05) is 24.9 Å². The monoisotopic (exact) mass is 305 g/mol. The van der Waals surface area contributed by atoms with Crippen molar-refractivity contribution in [3.8, 4) is 6.07 Å². The van der Waals surface area contributed by atoms with Crippen LogP contribution >= 0.6 is 11.6 Å². The van der Waals surface area contributed by atoms with Crippen molar-refractivity contribution in [2.45, 2.75) is 51.5 Å². The normalized spacial score (nSPS) is 25.1. The highest BCUT2D eigenvalue weighted by Gasteiger charge is 2.36. The van der Waals surface area contributed by atoms with E-state index in [2.05, 4.69) is 23.3 Å². The van der Waals surface area contributed by atoms with Gasteiger partial charge in [0.25, 0.3) is 5.91 Å². The molecule has 0 spiro atoms. The molecule has 0 atom stereocenters. The Kier molecular flexibility index (Phi) is 4.84. The molecule has 1 heterocycles. The van der Waals surface area contributed by atoms with E-state index in [0.29, 0.717) is 35.2 Å². The fourth-order valence-electron chi connectivity index (χ4n) is 2.89. The molecule has 21 heavy (non-hydrogen) atoms. The summed E-state index contributed by atoms with van der Waals surface area (Å²) in [7, 11) is 0. The molecule has 1 saturated carbocycles. The summed E-state index contributed by atoms with van der Waals surface area (Å²) in [6.45, 7) is 3.96. The number of aryl methyl sites for hydroxylation is 1. The molecule has 112 valence electrons. The minimum Gasteiger partial charge on any atom is -0.334 e. The van der Waals surface area contributed by atoms with Crippen LogP contribution in [0.5, 0.6) is 0 Å². The number of hydrogen-bond acceptors (Lipinski definition) is 3. The lowest BCUT2D eigenvalue weighted by Gasteiger charge is -2.35. The molecule has 1 aromatic heterocycles. The molecule has 5 heteroatoms. The number of pyridine rings is 1. The summed E-state index contributed by atoms with van der Waals surface area (Å²) >= 11 is 5.89. The molecule has 1 fully saturated rings. The fourth-order valence-corrected chi connectivity index (χ4v) is 3.14. The molecule has 1 aliphatic rings. The van der Waals surface area contributed by atoms with Crippen LogP contribution in [0.2, 0.25) is 5.15 Å². The highest BCUT2D eigenvalue weighted by molar-refractivity contribution is 6.29. The van der Waals surface area contributed by atoms with Crippen molar-refractivity contribution in [3.63, 3.8) is 0 Å². The standard InChI is InChI=1S/C16H20ClN3O/c1-3-12-4-6-16(10-18,7-5-12)20-15(21)13-8-11(2)19-14(17)9-13/h8-9,12H,3-7H2,1-2H3,(H,20,21). The van der Waals surface area contributed by atoms with Crippen LogP contribution in [0, 0.1) is 24.2 Å². The maximum atomic E-state index is 12.4. The highest BCUT2D eigenvalue weighted by atomic mass is 35.5. The van der Waals surface area contributed by atoms with Gasteiger partial charge in [-0.2, -0.15) is 5.26 Å². The molecule has 0 unspecified atom stereocenters. The van der Waals surface area contributed by atoms with Crippen molar-refractivity contribution in [1.29, 1.82) is 5.26 Å². The first-order chi connectivity index (χ1) is 9.98. The number of halogens is 1. The van der Waals surface area contributed by atoms with Gasteiger partial charge in [-0.15, -0.1) is 0 Å². The van der Waals surface area contributed by atoms with Crippen molar-refractivity contribution < 1.29 is 4.79 Å². The zero-order valence-electron chi connectivity index (χ0n) is 12.4. The molecule has 0 aliphatic heterocycles. The van der Waals surface area contributed by atoms with E-state index in [4.69, 9.17) is 11.6 Å². The lowest BCUT2D eigenvalue weighted by atomic mass is 9.76. The summed E-state index contributed by atoms with van der Waals surface area (Å²) < 4.78 is 0. The van der Waals surface area contributed by atoms with Crippen LogP contribution in [-0.2, 0) is 0 Å². The Hall–Kier alpha value is -1.60. The highest BCUT2D eigenvalue weighted by Crippen LogP contribution is 2.33. The summed E-state index contributed by atoms with van der Waals surface area (Å²) in [4.78, 5) is 16.4. The Bertz CT molecular complexity index is 551. The molecule has 4 nitrogen and oxygen atoms in total. The minimum absolute atomic E-state index is 0.251. The first kappa shape index (κ1) is 15.8. The Morgan fingerprint density at radius 1 is 1.52 bits per heavy atom. The van der Waals surface area contributed by atoms with E-state index < -0.39 is 5.54 Å². The van der Waals surface area contributed by atoms with Crippen molar-refractivity contribution >= 4 is 17.5 Å². The molecule has 1 aromatic rings. The molecular weight excluding hydrogens is 286 g/mol. The number of rotatable bonds is 3. The van der Waals surface area contributed by atoms with E-state index in [1.54, 1.807) is 13.0 Å². The average Bonchev–Trinajstić information content (AvgIpc) is 2.47. The number of carbonyl (C=O) groups is 1. The fraction of sp³-hybridized carbons (Fsp3) is 0.562. The molecule has 1 aliphatic carbocycles. The number of hydrogen-bond donors (Lipinski definition) is 1. The van der Waals surface area contributed by atoms with Crippen LogP contribution in [0.3, 0.4) is 0 Å². The lowest BCUT2D eigenvalue weighted by molar-refractivity contribution is 0.0891. The third-order valence-corrected chi connectivity index (χ3v) is 4.48. The second kappa shape index (κ2) is 6.44. The molecule has 1 N–H and O–H groups in total. The van der Waals surface area contributed by atoms with Crippen LogP contribution in [0.1, 0.15) is 55.1 Å². The van der Waals surface area contributed by atoms with Crippen LogP contribution in [0.4, 0.5) is 0 Å². The van der Waals surface area contributed by atoms with E-state index in [1.165, 1.54) is 6.07 Å². The molecule has 0 radical (unpaired) electrons. The quantitative estimate of drug-likeness (QED) is 0.867. The molecule has 0 saturated heterocycles. The van der Waals surface area contributed by atoms with Gasteiger partial charge in [-0.05, 0) is 50.7 Å². The summed E-state index contributed by atoms with van der Waals surface area (Å²) in [5, 5.41) is 12.7. The van der Waals surface area contributed by atoms with Crippen LogP contribution < -0.4 is 5.32 Å². The van der Waals surface area contributed by atoms with Gasteiger partial charge in [0.1, 0.15) is 10.7 Å². The zero-order valence-corrected chi connectivity index (χ0v) is 13.2. The van der Waals surface area contributed by atoms with Gasteiger partial charge >= 0.3 is 0 Å². The molecule has 2 rings (SSSR count).